The summed E-state index contributed by atoms with van der Waals surface area (Å²) in [5, 5.41) is 1.98. The average Bonchev–Trinajstić information content (AvgIpc) is 2.97. The zero-order chi connectivity index (χ0) is 21.7. The lowest BCUT2D eigenvalue weighted by Crippen LogP contribution is -2.33. The first kappa shape index (κ1) is 22.3. The summed E-state index contributed by atoms with van der Waals surface area (Å²) in [6.07, 6.45) is 1.37. The second kappa shape index (κ2) is 9.59. The molecule has 1 atom stereocenters. The van der Waals surface area contributed by atoms with E-state index in [0.29, 0.717) is 5.69 Å². The Morgan fingerprint density at radius 1 is 1.20 bits per heavy atom. The number of anilines is 1. The van der Waals surface area contributed by atoms with Crippen molar-refractivity contribution in [2.75, 3.05) is 11.9 Å². The molecule has 0 unspecified atom stereocenters. The number of rotatable bonds is 7. The predicted octanol–water partition coefficient (Wildman–Crippen LogP) is 3.65. The van der Waals surface area contributed by atoms with Crippen LogP contribution < -0.4 is 5.32 Å². The number of amidine groups is 1. The summed E-state index contributed by atoms with van der Waals surface area (Å²) < 4.78 is 29.9. The highest BCUT2D eigenvalue weighted by molar-refractivity contribution is 9.10. The summed E-state index contributed by atoms with van der Waals surface area (Å²) >= 11 is 4.22. The Morgan fingerprint density at radius 2 is 1.87 bits per heavy atom. The molecule has 0 spiro atoms. The van der Waals surface area contributed by atoms with Crippen LogP contribution in [0, 0.1) is 0 Å². The van der Waals surface area contributed by atoms with E-state index in [0.717, 1.165) is 16.2 Å². The lowest BCUT2D eigenvalue weighted by molar-refractivity contribution is -0.127. The molecular formula is C20H18BrN3O4S2. The number of hydrogen-bond acceptors (Lipinski definition) is 5. The minimum atomic E-state index is -4.02. The van der Waals surface area contributed by atoms with Crippen molar-refractivity contribution in [3.8, 4) is 0 Å². The maximum Gasteiger partial charge on any atom is 0.284 e. The Labute approximate surface area is 187 Å². The van der Waals surface area contributed by atoms with Crippen LogP contribution in [0.2, 0.25) is 0 Å². The van der Waals surface area contributed by atoms with Crippen LogP contribution in [-0.4, -0.2) is 42.1 Å². The first-order valence-corrected chi connectivity index (χ1v) is 12.0. The van der Waals surface area contributed by atoms with E-state index in [-0.39, 0.29) is 34.8 Å². The molecule has 156 valence electrons. The zero-order valence-corrected chi connectivity index (χ0v) is 18.9. The third-order valence-corrected chi connectivity index (χ3v) is 7.17. The fourth-order valence-corrected chi connectivity index (χ4v) is 5.30. The molecule has 0 aromatic heterocycles. The first-order chi connectivity index (χ1) is 14.3. The van der Waals surface area contributed by atoms with Crippen LogP contribution in [0.25, 0.3) is 0 Å². The number of halogens is 1. The Hall–Kier alpha value is -2.43. The molecule has 2 aromatic rings. The molecule has 1 heterocycles. The molecule has 1 saturated heterocycles. The van der Waals surface area contributed by atoms with E-state index in [2.05, 4.69) is 32.2 Å². The van der Waals surface area contributed by atoms with Crippen molar-refractivity contribution in [3.63, 3.8) is 0 Å². The van der Waals surface area contributed by atoms with Gasteiger partial charge in [-0.05, 0) is 36.4 Å². The molecule has 7 nitrogen and oxygen atoms in total. The van der Waals surface area contributed by atoms with E-state index >= 15 is 0 Å². The average molecular weight is 508 g/mol. The number of hydrogen-bond donors (Lipinski definition) is 1. The standard InChI is InChI=1S/C20H18BrN3O4S2/c1-2-12-24-19(26)17(13-18(25)22-15-6-4-3-5-7-15)29-20(24)23-30(27,28)16-10-8-14(21)9-11-16/h2-11,17H,1,12-13H2,(H,22,25)/t17-/m1/s1. The van der Waals surface area contributed by atoms with Crippen molar-refractivity contribution in [1.82, 2.24) is 4.90 Å². The number of amides is 2. The number of carbonyl (C=O) groups excluding carboxylic acids is 2. The summed E-state index contributed by atoms with van der Waals surface area (Å²) in [5.41, 5.74) is 0.618. The van der Waals surface area contributed by atoms with Crippen molar-refractivity contribution in [2.24, 2.45) is 4.40 Å². The number of carbonyl (C=O) groups is 2. The van der Waals surface area contributed by atoms with Crippen LogP contribution >= 0.6 is 27.7 Å². The minimum Gasteiger partial charge on any atom is -0.326 e. The maximum absolute atomic E-state index is 12.8. The van der Waals surface area contributed by atoms with Gasteiger partial charge in [0.05, 0.1) is 4.90 Å². The summed E-state index contributed by atoms with van der Waals surface area (Å²) in [6.45, 7) is 3.70. The number of benzene rings is 2. The van der Waals surface area contributed by atoms with Gasteiger partial charge in [-0.2, -0.15) is 8.42 Å². The molecule has 3 rings (SSSR count). The highest BCUT2D eigenvalue weighted by atomic mass is 79.9. The predicted molar refractivity (Wildman–Crippen MR) is 122 cm³/mol. The number of thioether (sulfide) groups is 1. The lowest BCUT2D eigenvalue weighted by atomic mass is 10.2. The van der Waals surface area contributed by atoms with Crippen LogP contribution in [0.3, 0.4) is 0 Å². The molecule has 2 amide bonds. The van der Waals surface area contributed by atoms with Gasteiger partial charge in [-0.25, -0.2) is 0 Å². The summed E-state index contributed by atoms with van der Waals surface area (Å²) in [4.78, 5) is 26.3. The van der Waals surface area contributed by atoms with E-state index in [4.69, 9.17) is 0 Å². The fraction of sp³-hybridized carbons (Fsp3) is 0.150. The molecule has 2 aromatic carbocycles. The third kappa shape index (κ3) is 5.38. The Kier molecular flexibility index (Phi) is 7.11. The fourth-order valence-electron chi connectivity index (χ4n) is 2.67. The highest BCUT2D eigenvalue weighted by Crippen LogP contribution is 2.31. The van der Waals surface area contributed by atoms with E-state index in [1.54, 1.807) is 36.4 Å². The molecule has 1 fully saturated rings. The summed E-state index contributed by atoms with van der Waals surface area (Å²) in [5.74, 6) is -0.726. The van der Waals surface area contributed by atoms with E-state index in [1.165, 1.54) is 23.1 Å². The van der Waals surface area contributed by atoms with Crippen molar-refractivity contribution in [3.05, 3.63) is 71.7 Å². The van der Waals surface area contributed by atoms with E-state index in [1.807, 2.05) is 6.07 Å². The van der Waals surface area contributed by atoms with Crippen LogP contribution in [0.4, 0.5) is 5.69 Å². The van der Waals surface area contributed by atoms with Gasteiger partial charge in [0.2, 0.25) is 11.8 Å². The lowest BCUT2D eigenvalue weighted by Gasteiger charge is -2.13. The van der Waals surface area contributed by atoms with Crippen LogP contribution in [0.1, 0.15) is 6.42 Å². The van der Waals surface area contributed by atoms with Crippen molar-refractivity contribution in [2.45, 2.75) is 16.6 Å². The molecule has 1 N–H and O–H groups in total. The molecular weight excluding hydrogens is 490 g/mol. The second-order valence-corrected chi connectivity index (χ2v) is 9.95. The molecule has 0 radical (unpaired) electrons. The van der Waals surface area contributed by atoms with Gasteiger partial charge in [-0.3, -0.25) is 14.5 Å². The summed E-state index contributed by atoms with van der Waals surface area (Å²) in [6, 6.07) is 14.9. The van der Waals surface area contributed by atoms with Gasteiger partial charge in [0.25, 0.3) is 10.0 Å². The molecule has 0 bridgehead atoms. The van der Waals surface area contributed by atoms with E-state index in [9.17, 15) is 18.0 Å². The van der Waals surface area contributed by atoms with Crippen LogP contribution in [0.5, 0.6) is 0 Å². The van der Waals surface area contributed by atoms with Crippen LogP contribution in [-0.2, 0) is 19.6 Å². The molecule has 0 aliphatic carbocycles. The quantitative estimate of drug-likeness (QED) is 0.576. The Bertz CT molecular complexity index is 1090. The van der Waals surface area contributed by atoms with Crippen LogP contribution in [0.15, 0.2) is 81.0 Å². The highest BCUT2D eigenvalue weighted by Gasteiger charge is 2.39. The number of nitrogens with one attached hydrogen (secondary N) is 1. The van der Waals surface area contributed by atoms with Gasteiger partial charge in [0.1, 0.15) is 5.25 Å². The minimum absolute atomic E-state index is 0.00933. The first-order valence-electron chi connectivity index (χ1n) is 8.84. The largest absolute Gasteiger partial charge is 0.326 e. The van der Waals surface area contributed by atoms with Crippen molar-refractivity contribution in [1.29, 1.82) is 0 Å². The monoisotopic (exact) mass is 507 g/mol. The molecule has 0 saturated carbocycles. The van der Waals surface area contributed by atoms with Crippen molar-refractivity contribution < 1.29 is 18.0 Å². The Balaban J connectivity index is 1.80. The Morgan fingerprint density at radius 3 is 2.50 bits per heavy atom. The third-order valence-electron chi connectivity index (χ3n) is 4.07. The number of para-hydroxylation sites is 1. The van der Waals surface area contributed by atoms with Gasteiger partial charge < -0.3 is 5.32 Å². The van der Waals surface area contributed by atoms with Gasteiger partial charge in [-0.1, -0.05) is 52.0 Å². The van der Waals surface area contributed by atoms with Gasteiger partial charge in [0, 0.05) is 23.1 Å². The molecule has 1 aliphatic rings. The number of sulfonamides is 1. The van der Waals surface area contributed by atoms with Gasteiger partial charge in [0.15, 0.2) is 5.17 Å². The summed E-state index contributed by atoms with van der Waals surface area (Å²) in [7, 11) is -4.02. The number of nitrogens with zero attached hydrogens (tertiary/aromatic N) is 2. The molecule has 30 heavy (non-hydrogen) atoms. The zero-order valence-electron chi connectivity index (χ0n) is 15.7. The van der Waals surface area contributed by atoms with E-state index < -0.39 is 15.3 Å². The van der Waals surface area contributed by atoms with Gasteiger partial charge in [-0.15, -0.1) is 11.0 Å². The SMILES string of the molecule is C=CCN1C(=O)[C@@H](CC(=O)Nc2ccccc2)SC1=NS(=O)(=O)c1ccc(Br)cc1. The topological polar surface area (TPSA) is 95.9 Å². The smallest absolute Gasteiger partial charge is 0.284 e. The normalized spacial score (nSPS) is 17.9. The molecule has 10 heteroatoms. The van der Waals surface area contributed by atoms with Gasteiger partial charge >= 0.3 is 0 Å². The maximum atomic E-state index is 12.8. The van der Waals surface area contributed by atoms with Crippen molar-refractivity contribution >= 4 is 60.4 Å². The second-order valence-electron chi connectivity index (χ2n) is 6.27. The molecule has 1 aliphatic heterocycles.